The quantitative estimate of drug-likeness (QED) is 0.808. The van der Waals surface area contributed by atoms with E-state index in [9.17, 15) is 9.59 Å². The maximum atomic E-state index is 12.1. The van der Waals surface area contributed by atoms with E-state index in [-0.39, 0.29) is 29.2 Å². The Morgan fingerprint density at radius 1 is 1.14 bits per heavy atom. The van der Waals surface area contributed by atoms with Crippen molar-refractivity contribution in [3.63, 3.8) is 0 Å². The second-order valence-electron chi connectivity index (χ2n) is 8.33. The van der Waals surface area contributed by atoms with Crippen LogP contribution in [-0.2, 0) is 9.59 Å². The number of imide groups is 1. The van der Waals surface area contributed by atoms with E-state index >= 15 is 0 Å². The highest BCUT2D eigenvalue weighted by Crippen LogP contribution is 2.61. The average Bonchev–Trinajstić information content (AvgIpc) is 2.64. The number of likely N-dealkylation sites (tertiary alicyclic amines) is 1. The maximum absolute atomic E-state index is 12.1. The lowest BCUT2D eigenvalue weighted by Crippen LogP contribution is -2.58. The van der Waals surface area contributed by atoms with Crippen LogP contribution in [0.5, 0.6) is 0 Å². The lowest BCUT2D eigenvalue weighted by atomic mass is 9.48. The maximum Gasteiger partial charge on any atom is 0.232 e. The van der Waals surface area contributed by atoms with Crippen LogP contribution in [-0.4, -0.2) is 29.3 Å². The Kier molecular flexibility index (Phi) is 2.97. The molecule has 2 atom stereocenters. The molecule has 0 radical (unpaired) electrons. The van der Waals surface area contributed by atoms with Crippen LogP contribution in [0.4, 0.5) is 0 Å². The Balaban J connectivity index is 1.51. The predicted octanol–water partition coefficient (Wildman–Crippen LogP) is 1.93. The van der Waals surface area contributed by atoms with E-state index in [1.807, 2.05) is 6.92 Å². The summed E-state index contributed by atoms with van der Waals surface area (Å²) in [6.45, 7) is 2.30. The van der Waals surface area contributed by atoms with Crippen molar-refractivity contribution in [2.45, 2.75) is 57.9 Å². The van der Waals surface area contributed by atoms with Gasteiger partial charge in [0.2, 0.25) is 11.8 Å². The number of nitrogens with zero attached hydrogens (tertiary/aromatic N) is 1. The summed E-state index contributed by atoms with van der Waals surface area (Å²) in [6.07, 6.45) is 8.23. The molecular weight excluding hydrogens is 264 g/mol. The molecule has 1 heterocycles. The monoisotopic (exact) mass is 290 g/mol. The van der Waals surface area contributed by atoms with Gasteiger partial charge in [-0.1, -0.05) is 6.92 Å². The largest absolute Gasteiger partial charge is 0.326 e. The Morgan fingerprint density at radius 3 is 2.10 bits per heavy atom. The third-order valence-electron chi connectivity index (χ3n) is 6.72. The number of amides is 2. The molecule has 5 rings (SSSR count). The minimum atomic E-state index is -0.152. The van der Waals surface area contributed by atoms with Crippen molar-refractivity contribution in [3.8, 4) is 0 Å². The van der Waals surface area contributed by atoms with Gasteiger partial charge in [0.1, 0.15) is 0 Å². The number of rotatable bonds is 3. The fourth-order valence-corrected chi connectivity index (χ4v) is 6.06. The fourth-order valence-electron chi connectivity index (χ4n) is 6.06. The van der Waals surface area contributed by atoms with Crippen LogP contribution in [0.3, 0.4) is 0 Å². The Labute approximate surface area is 126 Å². The van der Waals surface area contributed by atoms with E-state index in [1.165, 1.54) is 43.4 Å². The van der Waals surface area contributed by atoms with E-state index in [1.54, 1.807) is 0 Å². The molecule has 4 nitrogen and oxygen atoms in total. The molecule has 1 saturated heterocycles. The van der Waals surface area contributed by atoms with Gasteiger partial charge in [0.15, 0.2) is 0 Å². The molecule has 4 saturated carbocycles. The molecule has 0 aromatic rings. The fraction of sp³-hybridized carbons (Fsp3) is 0.882. The number of carbonyl (C=O) groups excluding carboxylic acids is 2. The zero-order valence-corrected chi connectivity index (χ0v) is 12.9. The number of nitrogens with two attached hydrogens (primary N) is 1. The summed E-state index contributed by atoms with van der Waals surface area (Å²) in [5.41, 5.74) is 6.79. The summed E-state index contributed by atoms with van der Waals surface area (Å²) in [4.78, 5) is 25.6. The van der Waals surface area contributed by atoms with Crippen LogP contribution in [0.1, 0.15) is 51.9 Å². The van der Waals surface area contributed by atoms with Crippen LogP contribution in [0, 0.1) is 29.1 Å². The molecule has 0 aromatic heterocycles. The third-order valence-corrected chi connectivity index (χ3v) is 6.72. The molecular formula is C17H26N2O2. The highest BCUT2D eigenvalue weighted by Gasteiger charge is 2.54. The van der Waals surface area contributed by atoms with Gasteiger partial charge in [0.25, 0.3) is 0 Å². The van der Waals surface area contributed by atoms with Gasteiger partial charge in [0.05, 0.1) is 0 Å². The third kappa shape index (κ3) is 2.06. The van der Waals surface area contributed by atoms with Gasteiger partial charge in [-0.2, -0.15) is 0 Å². The second kappa shape index (κ2) is 4.55. The molecule has 116 valence electrons. The first kappa shape index (κ1) is 13.7. The smallest absolute Gasteiger partial charge is 0.232 e. The van der Waals surface area contributed by atoms with Crippen LogP contribution in [0.15, 0.2) is 0 Å². The lowest BCUT2D eigenvalue weighted by molar-refractivity contribution is -0.141. The SMILES string of the molecule is CC1CC(=O)N(CC(N)C23CC4CC(CC(C4)C2)C3)C1=O. The summed E-state index contributed by atoms with van der Waals surface area (Å²) in [5, 5.41) is 0. The Morgan fingerprint density at radius 2 is 1.67 bits per heavy atom. The first-order valence-corrected chi connectivity index (χ1v) is 8.56. The molecule has 2 N–H and O–H groups in total. The zero-order chi connectivity index (χ0) is 14.8. The molecule has 0 aromatic carbocycles. The lowest BCUT2D eigenvalue weighted by Gasteiger charge is -2.59. The molecule has 5 aliphatic rings. The van der Waals surface area contributed by atoms with Gasteiger partial charge in [-0.15, -0.1) is 0 Å². The molecule has 21 heavy (non-hydrogen) atoms. The second-order valence-corrected chi connectivity index (χ2v) is 8.33. The Bertz CT molecular complexity index is 452. The van der Waals surface area contributed by atoms with E-state index in [0.29, 0.717) is 13.0 Å². The number of hydrogen-bond acceptors (Lipinski definition) is 3. The van der Waals surface area contributed by atoms with Crippen molar-refractivity contribution in [3.05, 3.63) is 0 Å². The van der Waals surface area contributed by atoms with Crippen LogP contribution >= 0.6 is 0 Å². The standard InChI is InChI=1S/C17H26N2O2/c1-10-2-15(20)19(16(10)21)9-14(18)17-6-11-3-12(7-17)5-13(4-11)8-17/h10-14H,2-9,18H2,1H3. The molecule has 4 aliphatic carbocycles. The molecule has 4 bridgehead atoms. The Hall–Kier alpha value is -0.900. The minimum absolute atomic E-state index is 0.0137. The highest BCUT2D eigenvalue weighted by molar-refractivity contribution is 6.03. The van der Waals surface area contributed by atoms with E-state index in [4.69, 9.17) is 5.73 Å². The topological polar surface area (TPSA) is 63.4 Å². The summed E-state index contributed by atoms with van der Waals surface area (Å²) < 4.78 is 0. The van der Waals surface area contributed by atoms with Gasteiger partial charge in [-0.3, -0.25) is 14.5 Å². The summed E-state index contributed by atoms with van der Waals surface area (Å²) >= 11 is 0. The summed E-state index contributed by atoms with van der Waals surface area (Å²) in [5.74, 6) is 2.37. The first-order chi connectivity index (χ1) is 9.97. The first-order valence-electron chi connectivity index (χ1n) is 8.56. The minimum Gasteiger partial charge on any atom is -0.326 e. The molecule has 0 spiro atoms. The van der Waals surface area contributed by atoms with Crippen LogP contribution < -0.4 is 5.73 Å². The highest BCUT2D eigenvalue weighted by atomic mass is 16.2. The molecule has 2 unspecified atom stereocenters. The molecule has 5 fully saturated rings. The molecule has 2 amide bonds. The van der Waals surface area contributed by atoms with E-state index in [2.05, 4.69) is 0 Å². The zero-order valence-electron chi connectivity index (χ0n) is 12.9. The van der Waals surface area contributed by atoms with Crippen molar-refractivity contribution >= 4 is 11.8 Å². The van der Waals surface area contributed by atoms with Gasteiger partial charge in [-0.05, 0) is 61.7 Å². The van der Waals surface area contributed by atoms with E-state index < -0.39 is 0 Å². The van der Waals surface area contributed by atoms with Gasteiger partial charge < -0.3 is 5.73 Å². The van der Waals surface area contributed by atoms with Crippen molar-refractivity contribution in [2.75, 3.05) is 6.54 Å². The van der Waals surface area contributed by atoms with Crippen molar-refractivity contribution < 1.29 is 9.59 Å². The molecule has 4 heteroatoms. The normalized spacial score (nSPS) is 46.5. The summed E-state index contributed by atoms with van der Waals surface area (Å²) in [7, 11) is 0. The van der Waals surface area contributed by atoms with Crippen LogP contribution in [0.2, 0.25) is 0 Å². The number of hydrogen-bond donors (Lipinski definition) is 1. The molecule has 1 aliphatic heterocycles. The van der Waals surface area contributed by atoms with Crippen LogP contribution in [0.25, 0.3) is 0 Å². The number of carbonyl (C=O) groups is 2. The van der Waals surface area contributed by atoms with Gasteiger partial charge >= 0.3 is 0 Å². The van der Waals surface area contributed by atoms with Crippen molar-refractivity contribution in [2.24, 2.45) is 34.8 Å². The average molecular weight is 290 g/mol. The predicted molar refractivity (Wildman–Crippen MR) is 79.1 cm³/mol. The van der Waals surface area contributed by atoms with Crippen molar-refractivity contribution in [1.29, 1.82) is 0 Å². The van der Waals surface area contributed by atoms with Gasteiger partial charge in [-0.25, -0.2) is 0 Å². The summed E-state index contributed by atoms with van der Waals surface area (Å²) in [6, 6.07) is -0.0240. The van der Waals surface area contributed by atoms with Crippen molar-refractivity contribution in [1.82, 2.24) is 4.90 Å². The van der Waals surface area contributed by atoms with E-state index in [0.717, 1.165) is 17.8 Å². The van der Waals surface area contributed by atoms with Gasteiger partial charge in [0, 0.05) is 24.9 Å².